The molecular weight excluding hydrogens is 298 g/mol. The zero-order chi connectivity index (χ0) is 16.7. The van der Waals surface area contributed by atoms with Gasteiger partial charge in [0.1, 0.15) is 5.39 Å². The number of nitrogens with zero attached hydrogens (tertiary/aromatic N) is 4. The summed E-state index contributed by atoms with van der Waals surface area (Å²) in [4.78, 5) is 42.1. The minimum absolute atomic E-state index is 0.119. The number of fused-ring (bicyclic) bond motifs is 1. The Balaban J connectivity index is 2.12. The molecule has 8 nitrogen and oxygen atoms in total. The molecule has 1 aliphatic rings. The third-order valence-electron chi connectivity index (χ3n) is 4.56. The Morgan fingerprint density at radius 3 is 2.48 bits per heavy atom. The van der Waals surface area contributed by atoms with Gasteiger partial charge in [-0.2, -0.15) is 0 Å². The van der Waals surface area contributed by atoms with Gasteiger partial charge in [-0.3, -0.25) is 18.7 Å². The third-order valence-corrected chi connectivity index (χ3v) is 4.56. The number of pyridine rings is 1. The van der Waals surface area contributed by atoms with Crippen LogP contribution in [0, 0.1) is 5.92 Å². The number of piperidine rings is 1. The number of amides is 1. The summed E-state index contributed by atoms with van der Waals surface area (Å²) in [5.41, 5.74) is 5.71. The number of anilines is 1. The van der Waals surface area contributed by atoms with Gasteiger partial charge in [0.15, 0.2) is 5.65 Å². The van der Waals surface area contributed by atoms with Crippen molar-refractivity contribution in [3.05, 3.63) is 33.1 Å². The monoisotopic (exact) mass is 317 g/mol. The standard InChI is InChI=1S/C15H19N5O3/c1-18-13-11(14(22)19(2)15(18)23)10(3-6-17-13)20-7-4-9(5-8-20)12(16)21/h3,6,9H,4-5,7-8H2,1-2H3,(H2,16,21). The van der Waals surface area contributed by atoms with Crippen LogP contribution in [0.1, 0.15) is 12.8 Å². The minimum Gasteiger partial charge on any atom is -0.371 e. The van der Waals surface area contributed by atoms with Crippen LogP contribution in [0.25, 0.3) is 11.0 Å². The number of carbonyl (C=O) groups excluding carboxylic acids is 1. The third kappa shape index (κ3) is 2.39. The van der Waals surface area contributed by atoms with Gasteiger partial charge in [-0.1, -0.05) is 0 Å². The van der Waals surface area contributed by atoms with Crippen LogP contribution in [0.15, 0.2) is 21.9 Å². The molecule has 3 rings (SSSR count). The topological polar surface area (TPSA) is 103 Å². The SMILES string of the molecule is Cn1c(=O)c2c(N3CCC(C(N)=O)CC3)ccnc2n(C)c1=O. The molecule has 0 spiro atoms. The lowest BCUT2D eigenvalue weighted by Crippen LogP contribution is -2.41. The van der Waals surface area contributed by atoms with Gasteiger partial charge in [0.05, 0.1) is 5.69 Å². The summed E-state index contributed by atoms with van der Waals surface area (Å²) in [6.07, 6.45) is 2.91. The van der Waals surface area contributed by atoms with Crippen molar-refractivity contribution >= 4 is 22.6 Å². The zero-order valence-electron chi connectivity index (χ0n) is 13.2. The summed E-state index contributed by atoms with van der Waals surface area (Å²) < 4.78 is 2.46. The quantitative estimate of drug-likeness (QED) is 0.791. The van der Waals surface area contributed by atoms with E-state index in [9.17, 15) is 14.4 Å². The molecule has 0 aliphatic carbocycles. The minimum atomic E-state index is -0.403. The molecule has 2 aromatic heterocycles. The van der Waals surface area contributed by atoms with Crippen molar-refractivity contribution in [1.82, 2.24) is 14.1 Å². The highest BCUT2D eigenvalue weighted by molar-refractivity contribution is 5.89. The van der Waals surface area contributed by atoms with Crippen molar-refractivity contribution in [2.45, 2.75) is 12.8 Å². The fourth-order valence-corrected chi connectivity index (χ4v) is 3.14. The number of hydrogen-bond donors (Lipinski definition) is 1. The molecule has 1 aliphatic heterocycles. The molecule has 0 aromatic carbocycles. The fourth-order valence-electron chi connectivity index (χ4n) is 3.14. The maximum absolute atomic E-state index is 12.5. The second-order valence-electron chi connectivity index (χ2n) is 5.90. The summed E-state index contributed by atoms with van der Waals surface area (Å²) in [7, 11) is 3.06. The normalized spacial score (nSPS) is 16.0. The molecule has 23 heavy (non-hydrogen) atoms. The van der Waals surface area contributed by atoms with E-state index in [0.717, 1.165) is 10.3 Å². The Kier molecular flexibility index (Phi) is 3.67. The molecule has 3 heterocycles. The second kappa shape index (κ2) is 5.53. The zero-order valence-corrected chi connectivity index (χ0v) is 13.2. The molecule has 0 radical (unpaired) electrons. The van der Waals surface area contributed by atoms with Crippen molar-refractivity contribution in [3.8, 4) is 0 Å². The molecule has 0 saturated carbocycles. The van der Waals surface area contributed by atoms with Gasteiger partial charge in [0.25, 0.3) is 5.56 Å². The highest BCUT2D eigenvalue weighted by atomic mass is 16.2. The summed E-state index contributed by atoms with van der Waals surface area (Å²) in [5, 5.41) is 0.426. The molecule has 0 atom stereocenters. The first kappa shape index (κ1) is 15.3. The number of aromatic nitrogens is 3. The number of aryl methyl sites for hydroxylation is 1. The Bertz CT molecular complexity index is 890. The second-order valence-corrected chi connectivity index (χ2v) is 5.90. The lowest BCUT2D eigenvalue weighted by atomic mass is 9.96. The smallest absolute Gasteiger partial charge is 0.332 e. The van der Waals surface area contributed by atoms with Crippen LogP contribution in [-0.2, 0) is 18.9 Å². The van der Waals surface area contributed by atoms with Gasteiger partial charge in [0, 0.05) is 39.3 Å². The van der Waals surface area contributed by atoms with Crippen LogP contribution in [0.2, 0.25) is 0 Å². The molecule has 0 unspecified atom stereocenters. The van der Waals surface area contributed by atoms with Crippen LogP contribution in [-0.4, -0.2) is 33.1 Å². The van der Waals surface area contributed by atoms with E-state index < -0.39 is 5.69 Å². The maximum atomic E-state index is 12.5. The first-order valence-electron chi connectivity index (χ1n) is 7.50. The van der Waals surface area contributed by atoms with Gasteiger partial charge in [0.2, 0.25) is 5.91 Å². The van der Waals surface area contributed by atoms with Gasteiger partial charge in [-0.05, 0) is 18.9 Å². The van der Waals surface area contributed by atoms with Crippen LogP contribution in [0.4, 0.5) is 5.69 Å². The van der Waals surface area contributed by atoms with Crippen molar-refractivity contribution in [3.63, 3.8) is 0 Å². The average molecular weight is 317 g/mol. The lowest BCUT2D eigenvalue weighted by Gasteiger charge is -2.32. The number of hydrogen-bond acceptors (Lipinski definition) is 5. The molecule has 2 N–H and O–H groups in total. The van der Waals surface area contributed by atoms with E-state index >= 15 is 0 Å². The number of primary amides is 1. The van der Waals surface area contributed by atoms with Gasteiger partial charge in [-0.15, -0.1) is 0 Å². The summed E-state index contributed by atoms with van der Waals surface area (Å²) in [6.45, 7) is 1.28. The van der Waals surface area contributed by atoms with Gasteiger partial charge >= 0.3 is 5.69 Å². The Hall–Kier alpha value is -2.64. The van der Waals surface area contributed by atoms with E-state index in [0.29, 0.717) is 37.0 Å². The van der Waals surface area contributed by atoms with E-state index in [4.69, 9.17) is 5.73 Å². The van der Waals surface area contributed by atoms with Crippen molar-refractivity contribution < 1.29 is 4.79 Å². The average Bonchev–Trinajstić information content (AvgIpc) is 2.57. The number of carbonyl (C=O) groups is 1. The Labute approximate surface area is 132 Å². The number of rotatable bonds is 2. The first-order valence-corrected chi connectivity index (χ1v) is 7.50. The molecule has 1 saturated heterocycles. The molecule has 0 bridgehead atoms. The highest BCUT2D eigenvalue weighted by Gasteiger charge is 2.25. The van der Waals surface area contributed by atoms with Crippen LogP contribution < -0.4 is 21.9 Å². The molecular formula is C15H19N5O3. The summed E-state index contributed by atoms with van der Waals surface area (Å²) >= 11 is 0. The Morgan fingerprint density at radius 1 is 1.22 bits per heavy atom. The van der Waals surface area contributed by atoms with Crippen molar-refractivity contribution in [1.29, 1.82) is 0 Å². The summed E-state index contributed by atoms with van der Waals surface area (Å²) in [5.74, 6) is -0.394. The van der Waals surface area contributed by atoms with Gasteiger partial charge in [-0.25, -0.2) is 9.78 Å². The largest absolute Gasteiger partial charge is 0.371 e. The van der Waals surface area contributed by atoms with Crippen LogP contribution >= 0.6 is 0 Å². The van der Waals surface area contributed by atoms with E-state index in [-0.39, 0.29) is 17.4 Å². The Morgan fingerprint density at radius 2 is 1.87 bits per heavy atom. The predicted molar refractivity (Wildman–Crippen MR) is 86.4 cm³/mol. The lowest BCUT2D eigenvalue weighted by molar-refractivity contribution is -0.122. The molecule has 1 amide bonds. The molecule has 2 aromatic rings. The van der Waals surface area contributed by atoms with Crippen molar-refractivity contribution in [2.75, 3.05) is 18.0 Å². The predicted octanol–water partition coefficient (Wildman–Crippen LogP) is -0.666. The highest BCUT2D eigenvalue weighted by Crippen LogP contribution is 2.26. The van der Waals surface area contributed by atoms with E-state index in [2.05, 4.69) is 9.88 Å². The van der Waals surface area contributed by atoms with Crippen LogP contribution in [0.3, 0.4) is 0 Å². The van der Waals surface area contributed by atoms with Gasteiger partial charge < -0.3 is 10.6 Å². The maximum Gasteiger partial charge on any atom is 0.332 e. The van der Waals surface area contributed by atoms with E-state index in [1.54, 1.807) is 19.3 Å². The van der Waals surface area contributed by atoms with E-state index in [1.807, 2.05) is 0 Å². The van der Waals surface area contributed by atoms with Crippen molar-refractivity contribution in [2.24, 2.45) is 25.7 Å². The van der Waals surface area contributed by atoms with Crippen LogP contribution in [0.5, 0.6) is 0 Å². The van der Waals surface area contributed by atoms with E-state index in [1.165, 1.54) is 11.6 Å². The molecule has 8 heteroatoms. The molecule has 122 valence electrons. The first-order chi connectivity index (χ1) is 10.9. The number of nitrogens with two attached hydrogens (primary N) is 1. The molecule has 1 fully saturated rings. The fraction of sp³-hybridized carbons (Fsp3) is 0.467. The summed E-state index contributed by atoms with van der Waals surface area (Å²) in [6, 6.07) is 1.78.